The summed E-state index contributed by atoms with van der Waals surface area (Å²) in [6.07, 6.45) is 6.51. The van der Waals surface area contributed by atoms with Crippen LogP contribution in [0.4, 0.5) is 0 Å². The number of piperidine rings is 1. The van der Waals surface area contributed by atoms with Crippen molar-refractivity contribution in [3.8, 4) is 0 Å². The number of rotatable bonds is 5. The molecule has 1 heterocycles. The van der Waals surface area contributed by atoms with Crippen LogP contribution in [0.2, 0.25) is 0 Å². The summed E-state index contributed by atoms with van der Waals surface area (Å²) in [5.41, 5.74) is 0. The Bertz CT molecular complexity index is 382. The Labute approximate surface area is 125 Å². The summed E-state index contributed by atoms with van der Waals surface area (Å²) in [4.78, 5) is 0. The van der Waals surface area contributed by atoms with Gasteiger partial charge in [-0.1, -0.05) is 35.7 Å². The van der Waals surface area contributed by atoms with E-state index in [4.69, 9.17) is 0 Å². The Balaban J connectivity index is 2.13. The van der Waals surface area contributed by atoms with E-state index < -0.39 is 10.2 Å². The van der Waals surface area contributed by atoms with Crippen molar-refractivity contribution in [2.24, 2.45) is 5.92 Å². The van der Waals surface area contributed by atoms with Crippen molar-refractivity contribution >= 4 is 26.1 Å². The van der Waals surface area contributed by atoms with E-state index in [1.54, 1.807) is 8.61 Å². The Morgan fingerprint density at radius 3 is 2.47 bits per heavy atom. The Morgan fingerprint density at radius 1 is 1.21 bits per heavy atom. The fraction of sp³-hybridized carbons (Fsp3) is 1.00. The predicted octanol–water partition coefficient (Wildman–Crippen LogP) is 2.60. The van der Waals surface area contributed by atoms with Crippen LogP contribution in [0.1, 0.15) is 45.4 Å². The molecule has 1 atom stereocenters. The number of nitrogens with zero attached hydrogens (tertiary/aromatic N) is 2. The molecule has 0 aromatic heterocycles. The van der Waals surface area contributed by atoms with E-state index in [2.05, 4.69) is 22.9 Å². The first-order chi connectivity index (χ1) is 9.05. The van der Waals surface area contributed by atoms with Crippen LogP contribution in [-0.4, -0.2) is 48.0 Å². The van der Waals surface area contributed by atoms with Crippen LogP contribution in [0.25, 0.3) is 0 Å². The van der Waals surface area contributed by atoms with E-state index in [1.165, 1.54) is 0 Å². The van der Waals surface area contributed by atoms with Gasteiger partial charge in [0, 0.05) is 31.0 Å². The molecule has 4 nitrogen and oxygen atoms in total. The third-order valence-electron chi connectivity index (χ3n) is 4.28. The van der Waals surface area contributed by atoms with Gasteiger partial charge < -0.3 is 0 Å². The van der Waals surface area contributed by atoms with Crippen molar-refractivity contribution in [1.29, 1.82) is 0 Å². The lowest BCUT2D eigenvalue weighted by Crippen LogP contribution is -2.51. The van der Waals surface area contributed by atoms with Gasteiger partial charge >= 0.3 is 0 Å². The molecule has 2 fully saturated rings. The maximum atomic E-state index is 12.8. The zero-order chi connectivity index (χ0) is 13.9. The van der Waals surface area contributed by atoms with Gasteiger partial charge in [0.2, 0.25) is 0 Å². The van der Waals surface area contributed by atoms with Crippen molar-refractivity contribution in [1.82, 2.24) is 8.61 Å². The van der Waals surface area contributed by atoms with Gasteiger partial charge in [-0.05, 0) is 31.6 Å². The zero-order valence-corrected chi connectivity index (χ0v) is 14.1. The van der Waals surface area contributed by atoms with E-state index in [0.29, 0.717) is 30.9 Å². The topological polar surface area (TPSA) is 40.6 Å². The normalized spacial score (nSPS) is 27.2. The summed E-state index contributed by atoms with van der Waals surface area (Å²) in [5, 5.41) is 0.714. The van der Waals surface area contributed by atoms with E-state index in [1.807, 2.05) is 0 Å². The predicted molar refractivity (Wildman–Crippen MR) is 81.6 cm³/mol. The standard InChI is InChI=1S/C13H25BrN2O2S/c1-12-5-4-9-15(11-12)19(17,18)16(10-8-14)13-6-2-3-7-13/h12-13H,2-11H2,1H3. The molecule has 0 aromatic carbocycles. The monoisotopic (exact) mass is 352 g/mol. The second-order valence-electron chi connectivity index (χ2n) is 5.85. The lowest BCUT2D eigenvalue weighted by atomic mass is 10.0. The molecular weight excluding hydrogens is 328 g/mol. The summed E-state index contributed by atoms with van der Waals surface area (Å²) in [6.45, 7) is 4.12. The molecule has 0 radical (unpaired) electrons. The minimum absolute atomic E-state index is 0.222. The maximum Gasteiger partial charge on any atom is 0.282 e. The van der Waals surface area contributed by atoms with Crippen LogP contribution < -0.4 is 0 Å². The molecule has 0 bridgehead atoms. The van der Waals surface area contributed by atoms with Crippen LogP contribution in [0.15, 0.2) is 0 Å². The molecule has 2 rings (SSSR count). The highest BCUT2D eigenvalue weighted by Crippen LogP contribution is 2.29. The molecule has 19 heavy (non-hydrogen) atoms. The van der Waals surface area contributed by atoms with Crippen LogP contribution in [0, 0.1) is 5.92 Å². The summed E-state index contributed by atoms with van der Waals surface area (Å²) >= 11 is 3.40. The van der Waals surface area contributed by atoms with Crippen molar-refractivity contribution in [2.75, 3.05) is 25.0 Å². The first-order valence-electron chi connectivity index (χ1n) is 7.38. The minimum atomic E-state index is -3.27. The fourth-order valence-corrected chi connectivity index (χ4v) is 5.89. The third-order valence-corrected chi connectivity index (χ3v) is 6.69. The minimum Gasteiger partial charge on any atom is -0.195 e. The quantitative estimate of drug-likeness (QED) is 0.713. The van der Waals surface area contributed by atoms with E-state index in [0.717, 1.165) is 38.5 Å². The Kier molecular flexibility index (Phi) is 5.69. The number of hydrogen-bond acceptors (Lipinski definition) is 2. The molecule has 1 saturated carbocycles. The largest absolute Gasteiger partial charge is 0.282 e. The highest BCUT2D eigenvalue weighted by molar-refractivity contribution is 9.09. The molecule has 1 saturated heterocycles. The highest BCUT2D eigenvalue weighted by Gasteiger charge is 2.37. The van der Waals surface area contributed by atoms with Crippen LogP contribution in [-0.2, 0) is 10.2 Å². The zero-order valence-electron chi connectivity index (χ0n) is 11.7. The number of hydrogen-bond donors (Lipinski definition) is 0. The molecule has 1 aliphatic carbocycles. The van der Waals surface area contributed by atoms with Gasteiger partial charge in [-0.2, -0.15) is 17.0 Å². The highest BCUT2D eigenvalue weighted by atomic mass is 79.9. The van der Waals surface area contributed by atoms with Crippen LogP contribution in [0.3, 0.4) is 0 Å². The Morgan fingerprint density at radius 2 is 1.89 bits per heavy atom. The fourth-order valence-electron chi connectivity index (χ4n) is 3.27. The summed E-state index contributed by atoms with van der Waals surface area (Å²) in [5.74, 6) is 0.484. The summed E-state index contributed by atoms with van der Waals surface area (Å²) in [7, 11) is -3.27. The molecule has 2 aliphatic rings. The number of halogens is 1. The SMILES string of the molecule is CC1CCCN(S(=O)(=O)N(CCBr)C2CCCC2)C1. The van der Waals surface area contributed by atoms with Gasteiger partial charge in [-0.25, -0.2) is 0 Å². The second-order valence-corrected chi connectivity index (χ2v) is 8.53. The van der Waals surface area contributed by atoms with E-state index >= 15 is 0 Å². The lowest BCUT2D eigenvalue weighted by Gasteiger charge is -2.36. The lowest BCUT2D eigenvalue weighted by molar-refractivity contribution is 0.243. The van der Waals surface area contributed by atoms with Gasteiger partial charge in [0.1, 0.15) is 0 Å². The number of alkyl halides is 1. The van der Waals surface area contributed by atoms with Crippen molar-refractivity contribution in [3.63, 3.8) is 0 Å². The van der Waals surface area contributed by atoms with Gasteiger partial charge in [-0.15, -0.1) is 0 Å². The van der Waals surface area contributed by atoms with Crippen LogP contribution in [0.5, 0.6) is 0 Å². The average molecular weight is 353 g/mol. The van der Waals surface area contributed by atoms with Crippen molar-refractivity contribution in [2.45, 2.75) is 51.5 Å². The molecule has 1 unspecified atom stereocenters. The molecular formula is C13H25BrN2O2S. The molecule has 0 amide bonds. The maximum absolute atomic E-state index is 12.8. The van der Waals surface area contributed by atoms with Gasteiger partial charge in [0.15, 0.2) is 0 Å². The summed E-state index contributed by atoms with van der Waals surface area (Å²) in [6, 6.07) is 0.222. The van der Waals surface area contributed by atoms with Crippen molar-refractivity contribution in [3.05, 3.63) is 0 Å². The first-order valence-corrected chi connectivity index (χ1v) is 9.90. The molecule has 112 valence electrons. The molecule has 0 aromatic rings. The van der Waals surface area contributed by atoms with E-state index in [-0.39, 0.29) is 6.04 Å². The molecule has 0 spiro atoms. The Hall–Kier alpha value is 0.350. The second kappa shape index (κ2) is 6.87. The summed E-state index contributed by atoms with van der Waals surface area (Å²) < 4.78 is 29.1. The van der Waals surface area contributed by atoms with Gasteiger partial charge in [0.25, 0.3) is 10.2 Å². The smallest absolute Gasteiger partial charge is 0.195 e. The first kappa shape index (κ1) is 15.7. The van der Waals surface area contributed by atoms with Gasteiger partial charge in [-0.3, -0.25) is 0 Å². The van der Waals surface area contributed by atoms with Crippen molar-refractivity contribution < 1.29 is 8.42 Å². The van der Waals surface area contributed by atoms with Gasteiger partial charge in [0.05, 0.1) is 0 Å². The molecule has 0 N–H and O–H groups in total. The average Bonchev–Trinajstić information content (AvgIpc) is 2.89. The van der Waals surface area contributed by atoms with E-state index in [9.17, 15) is 8.42 Å². The molecule has 6 heteroatoms. The van der Waals surface area contributed by atoms with Crippen LogP contribution >= 0.6 is 15.9 Å². The third kappa shape index (κ3) is 3.71. The molecule has 1 aliphatic heterocycles.